The van der Waals surface area contributed by atoms with Crippen molar-refractivity contribution in [2.75, 3.05) is 0 Å². The van der Waals surface area contributed by atoms with Crippen molar-refractivity contribution in [2.24, 2.45) is 52.3 Å². The van der Waals surface area contributed by atoms with E-state index in [1.165, 1.54) is 64.2 Å². The summed E-state index contributed by atoms with van der Waals surface area (Å²) in [7, 11) is 0. The molecule has 4 fully saturated rings. The third-order valence-electron chi connectivity index (χ3n) is 11.3. The van der Waals surface area contributed by atoms with Crippen LogP contribution in [-0.2, 0) is 0 Å². The molecule has 0 heterocycles. The molecule has 174 valence electrons. The highest BCUT2D eigenvalue weighted by atomic mass is 16.7. The van der Waals surface area contributed by atoms with Crippen LogP contribution < -0.4 is 0 Å². The molecule has 0 bridgehead atoms. The summed E-state index contributed by atoms with van der Waals surface area (Å²) in [5, 5.41) is 28.1. The molecule has 4 saturated carbocycles. The summed E-state index contributed by atoms with van der Waals surface area (Å²) < 4.78 is 0. The number of hydrogen-bond donors (Lipinski definition) is 3. The Morgan fingerprint density at radius 3 is 2.27 bits per heavy atom. The summed E-state index contributed by atoms with van der Waals surface area (Å²) in [6, 6.07) is 0. The lowest BCUT2D eigenvalue weighted by atomic mass is 9.44. The first-order valence-corrected chi connectivity index (χ1v) is 13.2. The van der Waals surface area contributed by atoms with Gasteiger partial charge in [0.05, 0.1) is 0 Å². The highest BCUT2D eigenvalue weighted by molar-refractivity contribution is 5.09. The maximum atomic E-state index is 9.38. The Balaban J connectivity index is 1.40. The van der Waals surface area contributed by atoms with Crippen molar-refractivity contribution in [3.63, 3.8) is 0 Å². The van der Waals surface area contributed by atoms with Crippen molar-refractivity contribution in [2.45, 2.75) is 117 Å². The molecule has 3 N–H and O–H groups in total. The van der Waals surface area contributed by atoms with Gasteiger partial charge < -0.3 is 15.3 Å². The Labute approximate surface area is 185 Å². The molecule has 30 heavy (non-hydrogen) atoms. The maximum absolute atomic E-state index is 9.38. The first kappa shape index (κ1) is 23.1. The fourth-order valence-electron chi connectivity index (χ4n) is 9.41. The van der Waals surface area contributed by atoms with E-state index in [2.05, 4.69) is 20.8 Å². The van der Waals surface area contributed by atoms with Gasteiger partial charge in [0.15, 0.2) is 0 Å². The van der Waals surface area contributed by atoms with Crippen LogP contribution in [0.5, 0.6) is 0 Å². The standard InChI is InChI=1S/C27H48O3/c1-18(8-7-9-19(2)27(28,29)30)22-13-14-23-21-12-11-20-10-5-6-16-25(20,3)24(21)15-17-26(22,23)4/h18-24,28-30H,5-17H2,1-4H3. The molecular weight excluding hydrogens is 372 g/mol. The van der Waals surface area contributed by atoms with E-state index < -0.39 is 11.9 Å². The molecule has 0 aromatic carbocycles. The van der Waals surface area contributed by atoms with E-state index in [-0.39, 0.29) is 0 Å². The molecule has 9 atom stereocenters. The monoisotopic (exact) mass is 420 g/mol. The molecule has 3 nitrogen and oxygen atoms in total. The second-order valence-electron chi connectivity index (χ2n) is 12.6. The van der Waals surface area contributed by atoms with Crippen LogP contribution in [0, 0.1) is 52.3 Å². The predicted octanol–water partition coefficient (Wildman–Crippen LogP) is 6.11. The third-order valence-corrected chi connectivity index (χ3v) is 11.3. The molecule has 0 aromatic rings. The van der Waals surface area contributed by atoms with Gasteiger partial charge in [-0.25, -0.2) is 0 Å². The van der Waals surface area contributed by atoms with Crippen LogP contribution in [-0.4, -0.2) is 21.3 Å². The molecule has 9 unspecified atom stereocenters. The normalized spacial score (nSPS) is 45.9. The topological polar surface area (TPSA) is 60.7 Å². The lowest BCUT2D eigenvalue weighted by Crippen LogP contribution is -2.53. The fraction of sp³-hybridized carbons (Fsp3) is 1.00. The van der Waals surface area contributed by atoms with Gasteiger partial charge in [0.2, 0.25) is 0 Å². The molecular formula is C27H48O3. The fourth-order valence-corrected chi connectivity index (χ4v) is 9.41. The van der Waals surface area contributed by atoms with E-state index in [9.17, 15) is 15.3 Å². The molecule has 0 amide bonds. The molecule has 4 aliphatic rings. The molecule has 4 aliphatic carbocycles. The van der Waals surface area contributed by atoms with E-state index >= 15 is 0 Å². The maximum Gasteiger partial charge on any atom is 0.277 e. The van der Waals surface area contributed by atoms with Gasteiger partial charge in [0.25, 0.3) is 5.97 Å². The van der Waals surface area contributed by atoms with Gasteiger partial charge in [-0.15, -0.1) is 0 Å². The van der Waals surface area contributed by atoms with E-state index in [1.807, 2.05) is 0 Å². The van der Waals surface area contributed by atoms with Crippen molar-refractivity contribution < 1.29 is 15.3 Å². The van der Waals surface area contributed by atoms with Crippen molar-refractivity contribution in [3.05, 3.63) is 0 Å². The number of hydrogen-bond acceptors (Lipinski definition) is 3. The molecule has 0 radical (unpaired) electrons. The van der Waals surface area contributed by atoms with Gasteiger partial charge in [-0.1, -0.05) is 53.4 Å². The van der Waals surface area contributed by atoms with Crippen LogP contribution in [0.25, 0.3) is 0 Å². The zero-order chi connectivity index (χ0) is 21.7. The van der Waals surface area contributed by atoms with E-state index in [1.54, 1.807) is 6.92 Å². The minimum absolute atomic E-state index is 0.488. The van der Waals surface area contributed by atoms with E-state index in [0.717, 1.165) is 42.4 Å². The van der Waals surface area contributed by atoms with Gasteiger partial charge in [0.1, 0.15) is 0 Å². The highest BCUT2D eigenvalue weighted by Gasteiger charge is 2.60. The van der Waals surface area contributed by atoms with Gasteiger partial charge in [0, 0.05) is 5.92 Å². The average molecular weight is 421 g/mol. The number of fused-ring (bicyclic) bond motifs is 5. The summed E-state index contributed by atoms with van der Waals surface area (Å²) in [5.74, 6) is 2.39. The summed E-state index contributed by atoms with van der Waals surface area (Å²) in [6.07, 6.45) is 17.4. The summed E-state index contributed by atoms with van der Waals surface area (Å²) >= 11 is 0. The second-order valence-corrected chi connectivity index (χ2v) is 12.6. The molecule has 0 saturated heterocycles. The van der Waals surface area contributed by atoms with Crippen molar-refractivity contribution in [1.82, 2.24) is 0 Å². The predicted molar refractivity (Wildman–Crippen MR) is 121 cm³/mol. The number of aliphatic hydroxyl groups is 3. The van der Waals surface area contributed by atoms with Gasteiger partial charge >= 0.3 is 0 Å². The quantitative estimate of drug-likeness (QED) is 0.454. The Morgan fingerprint density at radius 1 is 0.800 bits per heavy atom. The van der Waals surface area contributed by atoms with E-state index in [0.29, 0.717) is 23.2 Å². The van der Waals surface area contributed by atoms with Crippen molar-refractivity contribution in [3.8, 4) is 0 Å². The Kier molecular flexibility index (Phi) is 6.41. The average Bonchev–Trinajstić information content (AvgIpc) is 3.04. The Hall–Kier alpha value is -0.120. The lowest BCUT2D eigenvalue weighted by Gasteiger charge is -2.61. The SMILES string of the molecule is CC(CCCC(C)C(O)(O)O)C1CCC2C3CCC4CCCCC4(C)C3CCC12C. The highest BCUT2D eigenvalue weighted by Crippen LogP contribution is 2.68. The molecule has 3 heteroatoms. The minimum Gasteiger partial charge on any atom is -0.343 e. The van der Waals surface area contributed by atoms with Crippen LogP contribution in [0.3, 0.4) is 0 Å². The molecule has 0 aliphatic heterocycles. The smallest absolute Gasteiger partial charge is 0.277 e. The van der Waals surface area contributed by atoms with Crippen LogP contribution in [0.2, 0.25) is 0 Å². The zero-order valence-electron chi connectivity index (χ0n) is 20.1. The first-order valence-electron chi connectivity index (χ1n) is 13.2. The van der Waals surface area contributed by atoms with E-state index in [4.69, 9.17) is 0 Å². The summed E-state index contributed by atoms with van der Waals surface area (Å²) in [5.41, 5.74) is 1.15. The van der Waals surface area contributed by atoms with Crippen LogP contribution in [0.15, 0.2) is 0 Å². The minimum atomic E-state index is -2.53. The number of rotatable bonds is 6. The summed E-state index contributed by atoms with van der Waals surface area (Å²) in [4.78, 5) is 0. The molecule has 4 rings (SSSR count). The van der Waals surface area contributed by atoms with Crippen LogP contribution in [0.4, 0.5) is 0 Å². The van der Waals surface area contributed by atoms with Crippen molar-refractivity contribution >= 4 is 0 Å². The van der Waals surface area contributed by atoms with Crippen molar-refractivity contribution in [1.29, 1.82) is 0 Å². The van der Waals surface area contributed by atoms with Gasteiger partial charge in [-0.3, -0.25) is 0 Å². The third kappa shape index (κ3) is 3.90. The first-order chi connectivity index (χ1) is 14.1. The second kappa shape index (κ2) is 8.34. The van der Waals surface area contributed by atoms with Gasteiger partial charge in [-0.05, 0) is 104 Å². The Morgan fingerprint density at radius 2 is 1.53 bits per heavy atom. The zero-order valence-corrected chi connectivity index (χ0v) is 20.1. The summed E-state index contributed by atoms with van der Waals surface area (Å²) in [6.45, 7) is 9.48. The molecule has 0 aromatic heterocycles. The van der Waals surface area contributed by atoms with Gasteiger partial charge in [-0.2, -0.15) is 0 Å². The van der Waals surface area contributed by atoms with Crippen LogP contribution in [0.1, 0.15) is 111 Å². The Bertz CT molecular complexity index is 597. The largest absolute Gasteiger partial charge is 0.343 e. The molecule has 0 spiro atoms. The lowest BCUT2D eigenvalue weighted by molar-refractivity contribution is -0.340. The van der Waals surface area contributed by atoms with Crippen LogP contribution >= 0.6 is 0 Å².